The lowest BCUT2D eigenvalue weighted by atomic mass is 10.1. The molecule has 4 nitrogen and oxygen atoms in total. The van der Waals surface area contributed by atoms with E-state index in [1.807, 2.05) is 6.20 Å². The van der Waals surface area contributed by atoms with Gasteiger partial charge in [-0.05, 0) is 30.5 Å². The molecule has 20 heavy (non-hydrogen) atoms. The van der Waals surface area contributed by atoms with Crippen LogP contribution in [0.2, 0.25) is 0 Å². The second-order valence-electron chi connectivity index (χ2n) is 6.11. The molecule has 1 aromatic rings. The topological polar surface area (TPSA) is 37.4 Å². The zero-order valence-electron chi connectivity index (χ0n) is 12.9. The second kappa shape index (κ2) is 7.60. The number of pyridine rings is 1. The molecule has 1 fully saturated rings. The van der Waals surface area contributed by atoms with Gasteiger partial charge in [-0.2, -0.15) is 0 Å². The van der Waals surface area contributed by atoms with Crippen LogP contribution in [-0.2, 0) is 11.3 Å². The van der Waals surface area contributed by atoms with E-state index in [1.165, 1.54) is 12.0 Å². The third-order valence-corrected chi connectivity index (χ3v) is 3.70. The molecule has 1 N–H and O–H groups in total. The van der Waals surface area contributed by atoms with Gasteiger partial charge in [0.25, 0.3) is 0 Å². The lowest BCUT2D eigenvalue weighted by Gasteiger charge is -2.17. The molecule has 2 heterocycles. The molecule has 1 unspecified atom stereocenters. The molecule has 2 rings (SSSR count). The van der Waals surface area contributed by atoms with Gasteiger partial charge in [0.2, 0.25) is 0 Å². The van der Waals surface area contributed by atoms with Gasteiger partial charge in [-0.1, -0.05) is 19.9 Å². The smallest absolute Gasteiger partial charge is 0.128 e. The summed E-state index contributed by atoms with van der Waals surface area (Å²) in [4.78, 5) is 6.95. The maximum absolute atomic E-state index is 5.24. The average molecular weight is 277 g/mol. The van der Waals surface area contributed by atoms with Crippen molar-refractivity contribution in [1.82, 2.24) is 10.3 Å². The lowest BCUT2D eigenvalue weighted by Crippen LogP contribution is -2.22. The van der Waals surface area contributed by atoms with E-state index in [9.17, 15) is 0 Å². The third kappa shape index (κ3) is 4.46. The van der Waals surface area contributed by atoms with Crippen LogP contribution in [0.25, 0.3) is 0 Å². The van der Waals surface area contributed by atoms with Crippen molar-refractivity contribution in [2.75, 3.05) is 38.3 Å². The molecule has 1 aliphatic rings. The van der Waals surface area contributed by atoms with Crippen LogP contribution in [0.5, 0.6) is 0 Å². The van der Waals surface area contributed by atoms with Gasteiger partial charge in [0.15, 0.2) is 0 Å². The zero-order valence-corrected chi connectivity index (χ0v) is 12.9. The normalized spacial score (nSPS) is 19.0. The van der Waals surface area contributed by atoms with Gasteiger partial charge in [0.1, 0.15) is 5.82 Å². The Balaban J connectivity index is 1.82. The number of methoxy groups -OCH3 is 1. The summed E-state index contributed by atoms with van der Waals surface area (Å²) in [5.74, 6) is 2.43. The minimum absolute atomic E-state index is 0.647. The van der Waals surface area contributed by atoms with Crippen LogP contribution in [-0.4, -0.2) is 38.3 Å². The number of anilines is 1. The summed E-state index contributed by atoms with van der Waals surface area (Å²) in [5.41, 5.74) is 1.25. The molecule has 0 saturated carbocycles. The zero-order chi connectivity index (χ0) is 14.4. The van der Waals surface area contributed by atoms with E-state index in [2.05, 4.69) is 41.2 Å². The number of rotatable bonds is 7. The summed E-state index contributed by atoms with van der Waals surface area (Å²) in [6.45, 7) is 9.39. The van der Waals surface area contributed by atoms with Gasteiger partial charge in [-0.25, -0.2) is 4.98 Å². The van der Waals surface area contributed by atoms with Crippen molar-refractivity contribution in [2.45, 2.75) is 26.8 Å². The SMILES string of the molecule is COCC1CCN(c2ccc(CNCC(C)C)cn2)C1. The predicted octanol–water partition coefficient (Wildman–Crippen LogP) is 2.30. The van der Waals surface area contributed by atoms with Crippen molar-refractivity contribution in [3.05, 3.63) is 23.9 Å². The fraction of sp³-hybridized carbons (Fsp3) is 0.688. The monoisotopic (exact) mass is 277 g/mol. The number of ether oxygens (including phenoxy) is 1. The minimum Gasteiger partial charge on any atom is -0.384 e. The van der Waals surface area contributed by atoms with Crippen molar-refractivity contribution in [3.8, 4) is 0 Å². The first-order chi connectivity index (χ1) is 9.69. The van der Waals surface area contributed by atoms with E-state index in [-0.39, 0.29) is 0 Å². The summed E-state index contributed by atoms with van der Waals surface area (Å²) in [6, 6.07) is 4.32. The molecule has 0 spiro atoms. The van der Waals surface area contributed by atoms with Crippen molar-refractivity contribution < 1.29 is 4.74 Å². The molecule has 0 aliphatic carbocycles. The van der Waals surface area contributed by atoms with Crippen LogP contribution in [0, 0.1) is 11.8 Å². The van der Waals surface area contributed by atoms with Gasteiger partial charge >= 0.3 is 0 Å². The lowest BCUT2D eigenvalue weighted by molar-refractivity contribution is 0.161. The molecular weight excluding hydrogens is 250 g/mol. The average Bonchev–Trinajstić information content (AvgIpc) is 2.88. The maximum Gasteiger partial charge on any atom is 0.128 e. The molecule has 1 aromatic heterocycles. The summed E-state index contributed by atoms with van der Waals surface area (Å²) in [5, 5.41) is 3.44. The Hall–Kier alpha value is -1.13. The van der Waals surface area contributed by atoms with Crippen molar-refractivity contribution in [1.29, 1.82) is 0 Å². The second-order valence-corrected chi connectivity index (χ2v) is 6.11. The molecule has 0 radical (unpaired) electrons. The first-order valence-electron chi connectivity index (χ1n) is 7.58. The molecule has 1 saturated heterocycles. The predicted molar refractivity (Wildman–Crippen MR) is 83.0 cm³/mol. The largest absolute Gasteiger partial charge is 0.384 e. The number of hydrogen-bond acceptors (Lipinski definition) is 4. The van der Waals surface area contributed by atoms with Crippen LogP contribution >= 0.6 is 0 Å². The van der Waals surface area contributed by atoms with E-state index in [1.54, 1.807) is 7.11 Å². The highest BCUT2D eigenvalue weighted by Gasteiger charge is 2.23. The first-order valence-corrected chi connectivity index (χ1v) is 7.58. The Morgan fingerprint density at radius 1 is 1.45 bits per heavy atom. The summed E-state index contributed by atoms with van der Waals surface area (Å²) in [6.07, 6.45) is 3.19. The Morgan fingerprint density at radius 2 is 2.30 bits per heavy atom. The van der Waals surface area contributed by atoms with Crippen LogP contribution in [0.1, 0.15) is 25.8 Å². The van der Waals surface area contributed by atoms with Crippen LogP contribution in [0.15, 0.2) is 18.3 Å². The third-order valence-electron chi connectivity index (χ3n) is 3.70. The number of aromatic nitrogens is 1. The summed E-state index contributed by atoms with van der Waals surface area (Å²) >= 11 is 0. The molecule has 0 amide bonds. The van der Waals surface area contributed by atoms with Crippen molar-refractivity contribution in [3.63, 3.8) is 0 Å². The molecule has 1 aliphatic heterocycles. The van der Waals surface area contributed by atoms with Crippen LogP contribution in [0.4, 0.5) is 5.82 Å². The Kier molecular flexibility index (Phi) is 5.80. The summed E-state index contributed by atoms with van der Waals surface area (Å²) < 4.78 is 5.24. The number of nitrogens with one attached hydrogen (secondary N) is 1. The Morgan fingerprint density at radius 3 is 2.95 bits per heavy atom. The standard InChI is InChI=1S/C16H27N3O/c1-13(2)8-17-9-14-4-5-16(18-10-14)19-7-6-15(11-19)12-20-3/h4-5,10,13,15,17H,6-9,11-12H2,1-3H3. The van der Waals surface area contributed by atoms with Crippen LogP contribution in [0.3, 0.4) is 0 Å². The maximum atomic E-state index is 5.24. The number of hydrogen-bond donors (Lipinski definition) is 1. The highest BCUT2D eigenvalue weighted by Crippen LogP contribution is 2.22. The van der Waals surface area contributed by atoms with Crippen LogP contribution < -0.4 is 10.2 Å². The molecule has 1 atom stereocenters. The Bertz CT molecular complexity index is 391. The summed E-state index contributed by atoms with van der Waals surface area (Å²) in [7, 11) is 1.78. The van der Waals surface area contributed by atoms with E-state index in [0.29, 0.717) is 11.8 Å². The van der Waals surface area contributed by atoms with Gasteiger partial charge in [0, 0.05) is 38.9 Å². The molecule has 4 heteroatoms. The Labute approximate surface area is 122 Å². The highest BCUT2D eigenvalue weighted by atomic mass is 16.5. The van der Waals surface area contributed by atoms with Gasteiger partial charge in [-0.3, -0.25) is 0 Å². The van der Waals surface area contributed by atoms with E-state index in [4.69, 9.17) is 4.74 Å². The van der Waals surface area contributed by atoms with Gasteiger partial charge in [-0.15, -0.1) is 0 Å². The highest BCUT2D eigenvalue weighted by molar-refractivity contribution is 5.40. The van der Waals surface area contributed by atoms with Crippen molar-refractivity contribution in [2.24, 2.45) is 11.8 Å². The van der Waals surface area contributed by atoms with Gasteiger partial charge < -0.3 is 15.0 Å². The van der Waals surface area contributed by atoms with E-state index in [0.717, 1.165) is 38.6 Å². The molecule has 0 bridgehead atoms. The molecule has 0 aromatic carbocycles. The quantitative estimate of drug-likeness (QED) is 0.830. The fourth-order valence-corrected chi connectivity index (χ4v) is 2.63. The first kappa shape index (κ1) is 15.3. The minimum atomic E-state index is 0.647. The fourth-order valence-electron chi connectivity index (χ4n) is 2.63. The molecular formula is C16H27N3O. The van der Waals surface area contributed by atoms with E-state index < -0.39 is 0 Å². The van der Waals surface area contributed by atoms with Crippen molar-refractivity contribution >= 4 is 5.82 Å². The number of nitrogens with zero attached hydrogens (tertiary/aromatic N) is 2. The van der Waals surface area contributed by atoms with E-state index >= 15 is 0 Å². The molecule has 112 valence electrons. The van der Waals surface area contributed by atoms with Gasteiger partial charge in [0.05, 0.1) is 6.61 Å².